The molecule has 2 N–H and O–H groups in total. The lowest BCUT2D eigenvalue weighted by Gasteiger charge is -1.85. The van der Waals surface area contributed by atoms with Gasteiger partial charge in [-0.2, -0.15) is 0 Å². The Balaban J connectivity index is 2.08. The molecular formula is C4H9NOS. The first-order chi connectivity index (χ1) is 3.29. The zero-order chi connectivity index (χ0) is 5.28. The van der Waals surface area contributed by atoms with Gasteiger partial charge in [0, 0.05) is 5.75 Å². The lowest BCUT2D eigenvalue weighted by Crippen LogP contribution is -2.08. The van der Waals surface area contributed by atoms with Gasteiger partial charge in [-0.3, -0.25) is 5.14 Å². The lowest BCUT2D eigenvalue weighted by molar-refractivity contribution is 0.681. The molecule has 1 fully saturated rings. The molecule has 7 heavy (non-hydrogen) atoms. The zero-order valence-corrected chi connectivity index (χ0v) is 4.91. The SMILES string of the molecule is NS(=O)CC1CC1. The maximum absolute atomic E-state index is 10.2. The van der Waals surface area contributed by atoms with E-state index < -0.39 is 11.0 Å². The van der Waals surface area contributed by atoms with E-state index in [1.54, 1.807) is 0 Å². The van der Waals surface area contributed by atoms with Gasteiger partial charge >= 0.3 is 0 Å². The summed E-state index contributed by atoms with van der Waals surface area (Å²) in [6, 6.07) is 0. The van der Waals surface area contributed by atoms with E-state index >= 15 is 0 Å². The van der Waals surface area contributed by atoms with Crippen molar-refractivity contribution in [2.45, 2.75) is 12.8 Å². The summed E-state index contributed by atoms with van der Waals surface area (Å²) >= 11 is 0. The minimum Gasteiger partial charge on any atom is -0.252 e. The van der Waals surface area contributed by atoms with Crippen LogP contribution in [0, 0.1) is 5.92 Å². The molecule has 1 unspecified atom stereocenters. The molecule has 0 heterocycles. The van der Waals surface area contributed by atoms with Gasteiger partial charge in [0.15, 0.2) is 0 Å². The van der Waals surface area contributed by atoms with E-state index in [2.05, 4.69) is 0 Å². The van der Waals surface area contributed by atoms with Crippen LogP contribution in [0.3, 0.4) is 0 Å². The smallest absolute Gasteiger partial charge is 0.0890 e. The fourth-order valence-electron chi connectivity index (χ4n) is 0.517. The van der Waals surface area contributed by atoms with Crippen LogP contribution in [0.4, 0.5) is 0 Å². The second-order valence-electron chi connectivity index (χ2n) is 1.99. The van der Waals surface area contributed by atoms with Crippen LogP contribution >= 0.6 is 0 Å². The normalized spacial score (nSPS) is 24.7. The summed E-state index contributed by atoms with van der Waals surface area (Å²) in [7, 11) is -1.03. The molecular weight excluding hydrogens is 110 g/mol. The van der Waals surface area contributed by atoms with Crippen LogP contribution in [-0.2, 0) is 11.0 Å². The Bertz CT molecular complexity index is 89.7. The van der Waals surface area contributed by atoms with Crippen molar-refractivity contribution < 1.29 is 4.21 Å². The molecule has 42 valence electrons. The fraction of sp³-hybridized carbons (Fsp3) is 1.00. The van der Waals surface area contributed by atoms with Crippen molar-refractivity contribution in [1.82, 2.24) is 0 Å². The molecule has 3 heteroatoms. The Kier molecular flexibility index (Phi) is 1.44. The Morgan fingerprint density at radius 2 is 2.29 bits per heavy atom. The summed E-state index contributed by atoms with van der Waals surface area (Å²) in [4.78, 5) is 0. The molecule has 0 saturated heterocycles. The van der Waals surface area contributed by atoms with Crippen LogP contribution < -0.4 is 5.14 Å². The van der Waals surface area contributed by atoms with E-state index in [0.29, 0.717) is 5.92 Å². The van der Waals surface area contributed by atoms with Crippen molar-refractivity contribution in [2.75, 3.05) is 5.75 Å². The van der Waals surface area contributed by atoms with Crippen molar-refractivity contribution in [3.05, 3.63) is 0 Å². The molecule has 0 aromatic carbocycles. The number of hydrogen-bond donors (Lipinski definition) is 1. The highest BCUT2D eigenvalue weighted by Gasteiger charge is 2.22. The topological polar surface area (TPSA) is 43.1 Å². The Hall–Kier alpha value is 0.110. The van der Waals surface area contributed by atoms with E-state index in [4.69, 9.17) is 5.14 Å². The zero-order valence-electron chi connectivity index (χ0n) is 4.09. The summed E-state index contributed by atoms with van der Waals surface area (Å²) < 4.78 is 10.2. The first-order valence-electron chi connectivity index (χ1n) is 2.42. The molecule has 1 aliphatic carbocycles. The average molecular weight is 119 g/mol. The summed E-state index contributed by atoms with van der Waals surface area (Å²) in [6.45, 7) is 0. The predicted octanol–water partition coefficient (Wildman–Crippen LogP) is 0.0188. The second kappa shape index (κ2) is 1.92. The first kappa shape index (κ1) is 5.25. The quantitative estimate of drug-likeness (QED) is 0.547. The van der Waals surface area contributed by atoms with Gasteiger partial charge in [0.05, 0.1) is 11.0 Å². The third-order valence-corrected chi connectivity index (χ3v) is 1.90. The molecule has 1 atom stereocenters. The van der Waals surface area contributed by atoms with Crippen LogP contribution in [0.1, 0.15) is 12.8 Å². The van der Waals surface area contributed by atoms with Gasteiger partial charge in [-0.25, -0.2) is 4.21 Å². The highest BCUT2D eigenvalue weighted by molar-refractivity contribution is 7.82. The summed E-state index contributed by atoms with van der Waals surface area (Å²) in [5.41, 5.74) is 0. The molecule has 0 radical (unpaired) electrons. The molecule has 0 aromatic rings. The number of rotatable bonds is 2. The molecule has 2 nitrogen and oxygen atoms in total. The Morgan fingerprint density at radius 3 is 2.43 bits per heavy atom. The van der Waals surface area contributed by atoms with Gasteiger partial charge in [-0.1, -0.05) is 0 Å². The molecule has 0 aliphatic heterocycles. The standard InChI is InChI=1S/C4H9NOS/c5-7(6)3-4-1-2-4/h4H,1-3,5H2. The molecule has 0 spiro atoms. The van der Waals surface area contributed by atoms with E-state index in [1.807, 2.05) is 0 Å². The van der Waals surface area contributed by atoms with Crippen molar-refractivity contribution >= 4 is 11.0 Å². The maximum Gasteiger partial charge on any atom is 0.0890 e. The monoisotopic (exact) mass is 119 g/mol. The lowest BCUT2D eigenvalue weighted by atomic mass is 10.5. The predicted molar refractivity (Wildman–Crippen MR) is 29.9 cm³/mol. The highest BCUT2D eigenvalue weighted by atomic mass is 32.2. The highest BCUT2D eigenvalue weighted by Crippen LogP contribution is 2.28. The van der Waals surface area contributed by atoms with E-state index in [9.17, 15) is 4.21 Å². The van der Waals surface area contributed by atoms with Crippen LogP contribution in [0.25, 0.3) is 0 Å². The second-order valence-corrected chi connectivity index (χ2v) is 3.09. The maximum atomic E-state index is 10.2. The molecule has 0 aromatic heterocycles. The third-order valence-electron chi connectivity index (χ3n) is 1.10. The van der Waals surface area contributed by atoms with E-state index in [0.717, 1.165) is 5.75 Å². The van der Waals surface area contributed by atoms with Crippen molar-refractivity contribution in [3.8, 4) is 0 Å². The van der Waals surface area contributed by atoms with E-state index in [1.165, 1.54) is 12.8 Å². The summed E-state index contributed by atoms with van der Waals surface area (Å²) in [5.74, 6) is 1.42. The van der Waals surface area contributed by atoms with Gasteiger partial charge in [-0.15, -0.1) is 0 Å². The molecule has 1 aliphatic rings. The summed E-state index contributed by atoms with van der Waals surface area (Å²) in [6.07, 6.45) is 2.48. The van der Waals surface area contributed by atoms with E-state index in [-0.39, 0.29) is 0 Å². The van der Waals surface area contributed by atoms with Gasteiger partial charge in [-0.05, 0) is 18.8 Å². The minimum atomic E-state index is -1.03. The molecule has 0 bridgehead atoms. The Labute approximate surface area is 45.7 Å². The van der Waals surface area contributed by atoms with Crippen molar-refractivity contribution in [3.63, 3.8) is 0 Å². The van der Waals surface area contributed by atoms with Crippen molar-refractivity contribution in [2.24, 2.45) is 11.1 Å². The van der Waals surface area contributed by atoms with Gasteiger partial charge in [0.2, 0.25) is 0 Å². The van der Waals surface area contributed by atoms with Gasteiger partial charge in [0.1, 0.15) is 0 Å². The summed E-state index contributed by atoms with van der Waals surface area (Å²) in [5, 5.41) is 5.01. The first-order valence-corrected chi connectivity index (χ1v) is 3.80. The van der Waals surface area contributed by atoms with Crippen LogP contribution in [-0.4, -0.2) is 9.96 Å². The molecule has 1 rings (SSSR count). The minimum absolute atomic E-state index is 0.700. The molecule has 0 amide bonds. The third kappa shape index (κ3) is 2.04. The average Bonchev–Trinajstić information content (AvgIpc) is 2.17. The molecule has 1 saturated carbocycles. The van der Waals surface area contributed by atoms with Gasteiger partial charge < -0.3 is 0 Å². The van der Waals surface area contributed by atoms with Crippen molar-refractivity contribution in [1.29, 1.82) is 0 Å². The van der Waals surface area contributed by atoms with Crippen LogP contribution in [0.5, 0.6) is 0 Å². The van der Waals surface area contributed by atoms with Gasteiger partial charge in [0.25, 0.3) is 0 Å². The number of nitrogens with two attached hydrogens (primary N) is 1. The fourth-order valence-corrected chi connectivity index (χ4v) is 1.31. The van der Waals surface area contributed by atoms with Crippen LogP contribution in [0.2, 0.25) is 0 Å². The Morgan fingerprint density at radius 1 is 1.71 bits per heavy atom. The van der Waals surface area contributed by atoms with Crippen LogP contribution in [0.15, 0.2) is 0 Å². The largest absolute Gasteiger partial charge is 0.252 e. The number of hydrogen-bond acceptors (Lipinski definition) is 1.